The van der Waals surface area contributed by atoms with E-state index in [0.29, 0.717) is 18.4 Å². The van der Waals surface area contributed by atoms with Crippen LogP contribution in [-0.2, 0) is 6.54 Å². The molecule has 4 aromatic rings. The zero-order valence-corrected chi connectivity index (χ0v) is 23.4. The zero-order valence-electron chi connectivity index (χ0n) is 23.4. The molecule has 2 aliphatic rings. The van der Waals surface area contributed by atoms with Crippen molar-refractivity contribution in [1.29, 1.82) is 0 Å². The minimum absolute atomic E-state index is 0.128. The van der Waals surface area contributed by atoms with E-state index >= 15 is 0 Å². The van der Waals surface area contributed by atoms with Gasteiger partial charge in [0.05, 0.1) is 12.4 Å². The zero-order chi connectivity index (χ0) is 28.2. The number of nitrogens with two attached hydrogens (primary N) is 1. The molecule has 212 valence electrons. The summed E-state index contributed by atoms with van der Waals surface area (Å²) in [6.45, 7) is 9.26. The highest BCUT2D eigenvalue weighted by molar-refractivity contribution is 5.85. The van der Waals surface area contributed by atoms with Crippen molar-refractivity contribution in [3.05, 3.63) is 77.6 Å². The second-order valence-corrected chi connectivity index (χ2v) is 10.3. The van der Waals surface area contributed by atoms with Crippen molar-refractivity contribution in [2.75, 3.05) is 30.0 Å². The number of fused-ring (bicyclic) bond motifs is 1. The third kappa shape index (κ3) is 5.78. The van der Waals surface area contributed by atoms with Gasteiger partial charge in [-0.3, -0.25) is 10.3 Å². The van der Waals surface area contributed by atoms with Gasteiger partial charge in [0.25, 0.3) is 0 Å². The number of rotatable bonds is 8. The lowest BCUT2D eigenvalue weighted by Gasteiger charge is -2.45. The number of imidazole rings is 1. The number of hydrogen-bond donors (Lipinski definition) is 2. The van der Waals surface area contributed by atoms with Gasteiger partial charge in [-0.25, -0.2) is 19.6 Å². The first-order valence-corrected chi connectivity index (χ1v) is 14.2. The van der Waals surface area contributed by atoms with Gasteiger partial charge in [-0.05, 0) is 60.6 Å². The molecule has 8 nitrogen and oxygen atoms in total. The molecular weight excluding hydrogens is 510 g/mol. The largest absolute Gasteiger partial charge is 0.349 e. The minimum atomic E-state index is -0.277. The lowest BCUT2D eigenvalue weighted by molar-refractivity contribution is 0.180. The van der Waals surface area contributed by atoms with Crippen molar-refractivity contribution in [2.45, 2.75) is 58.7 Å². The van der Waals surface area contributed by atoms with Crippen LogP contribution >= 0.6 is 0 Å². The molecule has 10 heteroatoms. The SMILES string of the molecule is CC.CCC1CN(C(c2ccc(F)cc2)c2ccc(F)cc2)CCN1c1nc(NN)nc2c1ncn2CC1CC1. The van der Waals surface area contributed by atoms with E-state index in [4.69, 9.17) is 15.8 Å². The van der Waals surface area contributed by atoms with Gasteiger partial charge < -0.3 is 9.47 Å². The van der Waals surface area contributed by atoms with Crippen LogP contribution in [-0.4, -0.2) is 50.1 Å². The van der Waals surface area contributed by atoms with Gasteiger partial charge in [0.2, 0.25) is 5.95 Å². The summed E-state index contributed by atoms with van der Waals surface area (Å²) >= 11 is 0. The van der Waals surface area contributed by atoms with E-state index in [1.807, 2.05) is 44.4 Å². The smallest absolute Gasteiger partial charge is 0.241 e. The lowest BCUT2D eigenvalue weighted by atomic mass is 9.95. The summed E-state index contributed by atoms with van der Waals surface area (Å²) < 4.78 is 29.6. The molecule has 2 aromatic heterocycles. The van der Waals surface area contributed by atoms with E-state index in [1.165, 1.54) is 37.1 Å². The number of nitrogen functional groups attached to an aromatic ring is 1. The molecule has 1 saturated carbocycles. The molecule has 2 fully saturated rings. The number of hydrogen-bond acceptors (Lipinski definition) is 7. The van der Waals surface area contributed by atoms with Crippen molar-refractivity contribution in [3.8, 4) is 0 Å². The minimum Gasteiger partial charge on any atom is -0.349 e. The molecule has 6 rings (SSSR count). The third-order valence-corrected chi connectivity index (χ3v) is 7.72. The van der Waals surface area contributed by atoms with Crippen LogP contribution in [0.4, 0.5) is 20.5 Å². The maximum atomic E-state index is 13.8. The Kier molecular flexibility index (Phi) is 8.56. The van der Waals surface area contributed by atoms with Gasteiger partial charge in [0.15, 0.2) is 17.0 Å². The predicted octanol–water partition coefficient (Wildman–Crippen LogP) is 5.52. The summed E-state index contributed by atoms with van der Waals surface area (Å²) in [5, 5.41) is 0. The molecule has 0 bridgehead atoms. The molecule has 2 aromatic carbocycles. The Morgan fingerprint density at radius 3 is 2.12 bits per heavy atom. The summed E-state index contributed by atoms with van der Waals surface area (Å²) in [6.07, 6.45) is 5.22. The van der Waals surface area contributed by atoms with Crippen molar-refractivity contribution in [2.24, 2.45) is 11.8 Å². The van der Waals surface area contributed by atoms with Crippen molar-refractivity contribution in [3.63, 3.8) is 0 Å². The van der Waals surface area contributed by atoms with Crippen LogP contribution in [0, 0.1) is 17.6 Å². The molecule has 0 radical (unpaired) electrons. The van der Waals surface area contributed by atoms with Crippen LogP contribution in [0.5, 0.6) is 0 Å². The van der Waals surface area contributed by atoms with Crippen LogP contribution in [0.1, 0.15) is 57.2 Å². The van der Waals surface area contributed by atoms with Gasteiger partial charge >= 0.3 is 0 Å². The summed E-state index contributed by atoms with van der Waals surface area (Å²) in [4.78, 5) is 18.8. The van der Waals surface area contributed by atoms with E-state index < -0.39 is 0 Å². The molecule has 0 spiro atoms. The maximum absolute atomic E-state index is 13.8. The first-order chi connectivity index (χ1) is 19.5. The van der Waals surface area contributed by atoms with Gasteiger partial charge in [0, 0.05) is 32.2 Å². The second-order valence-electron chi connectivity index (χ2n) is 10.3. The van der Waals surface area contributed by atoms with Crippen LogP contribution in [0.15, 0.2) is 54.9 Å². The summed E-state index contributed by atoms with van der Waals surface area (Å²) in [5.41, 5.74) is 6.15. The quantitative estimate of drug-likeness (QED) is 0.222. The highest BCUT2D eigenvalue weighted by Crippen LogP contribution is 2.36. The fourth-order valence-electron chi connectivity index (χ4n) is 5.55. The molecule has 3 heterocycles. The third-order valence-electron chi connectivity index (χ3n) is 7.72. The lowest BCUT2D eigenvalue weighted by Crippen LogP contribution is -2.54. The van der Waals surface area contributed by atoms with E-state index in [1.54, 1.807) is 0 Å². The molecule has 1 atom stereocenters. The molecule has 1 aliphatic heterocycles. The molecule has 0 amide bonds. The van der Waals surface area contributed by atoms with Crippen LogP contribution in [0.3, 0.4) is 0 Å². The van der Waals surface area contributed by atoms with E-state index in [2.05, 4.69) is 31.7 Å². The predicted molar refractivity (Wildman–Crippen MR) is 155 cm³/mol. The molecule has 1 aliphatic carbocycles. The van der Waals surface area contributed by atoms with Gasteiger partial charge in [-0.15, -0.1) is 0 Å². The van der Waals surface area contributed by atoms with Gasteiger partial charge in [-0.2, -0.15) is 9.97 Å². The highest BCUT2D eigenvalue weighted by Gasteiger charge is 2.34. The van der Waals surface area contributed by atoms with E-state index in [9.17, 15) is 8.78 Å². The number of benzene rings is 2. The van der Waals surface area contributed by atoms with Gasteiger partial charge in [-0.1, -0.05) is 45.0 Å². The number of aromatic nitrogens is 4. The number of piperazine rings is 1. The van der Waals surface area contributed by atoms with Gasteiger partial charge in [0.1, 0.15) is 11.6 Å². The number of nitrogens with zero attached hydrogens (tertiary/aromatic N) is 6. The summed E-state index contributed by atoms with van der Waals surface area (Å²) in [6, 6.07) is 13.2. The van der Waals surface area contributed by atoms with Crippen LogP contribution < -0.4 is 16.2 Å². The first-order valence-electron chi connectivity index (χ1n) is 14.2. The number of hydrazine groups is 1. The fourth-order valence-corrected chi connectivity index (χ4v) is 5.55. The Morgan fingerprint density at radius 1 is 0.950 bits per heavy atom. The number of halogens is 2. The Bertz CT molecular complexity index is 1360. The number of anilines is 2. The van der Waals surface area contributed by atoms with Crippen molar-refractivity contribution >= 4 is 22.9 Å². The molecule has 3 N–H and O–H groups in total. The fraction of sp³-hybridized carbons (Fsp3) is 0.433. The molecule has 1 unspecified atom stereocenters. The average Bonchev–Trinajstić information content (AvgIpc) is 3.73. The number of nitrogens with one attached hydrogen (secondary N) is 1. The summed E-state index contributed by atoms with van der Waals surface area (Å²) in [5.74, 6) is 7.05. The molecule has 40 heavy (non-hydrogen) atoms. The normalized spacial score (nSPS) is 17.7. The maximum Gasteiger partial charge on any atom is 0.241 e. The second kappa shape index (κ2) is 12.3. The standard InChI is InChI=1S/C28H32F2N8.C2H6/c1-2-23-16-36(25(19-5-9-21(29)10-6-19)20-7-11-22(30)12-8-20)13-14-38(23)27-24-26(33-28(34-27)35-31)37(17-32-24)15-18-3-4-18;1-2/h5-12,17-18,23,25H,2-4,13-16,31H2,1H3,(H,33,34,35);1-2H3. The Balaban J connectivity index is 0.00000158. The highest BCUT2D eigenvalue weighted by atomic mass is 19.1. The van der Waals surface area contributed by atoms with E-state index in [-0.39, 0.29) is 23.7 Å². The van der Waals surface area contributed by atoms with Crippen molar-refractivity contribution < 1.29 is 8.78 Å². The monoisotopic (exact) mass is 548 g/mol. The Morgan fingerprint density at radius 2 is 1.57 bits per heavy atom. The summed E-state index contributed by atoms with van der Waals surface area (Å²) in [7, 11) is 0. The molecular formula is C30H38F2N8. The van der Waals surface area contributed by atoms with Crippen LogP contribution in [0.25, 0.3) is 11.2 Å². The topological polar surface area (TPSA) is 88.1 Å². The Hall–Kier alpha value is -3.63. The van der Waals surface area contributed by atoms with Crippen molar-refractivity contribution in [1.82, 2.24) is 24.4 Å². The van der Waals surface area contributed by atoms with Crippen LogP contribution in [0.2, 0.25) is 0 Å². The average molecular weight is 549 g/mol. The van der Waals surface area contributed by atoms with E-state index in [0.717, 1.165) is 54.2 Å². The Labute approximate surface area is 234 Å². The molecule has 1 saturated heterocycles. The first kappa shape index (κ1) is 27.9.